The first-order valence-electron chi connectivity index (χ1n) is 5.70. The summed E-state index contributed by atoms with van der Waals surface area (Å²) in [6, 6.07) is 7.97. The Hall–Kier alpha value is -1.77. The Labute approximate surface area is 96.7 Å². The SMILES string of the molecule is CC.CCNc1c(N)cnc2ccccc12. The van der Waals surface area contributed by atoms with Gasteiger partial charge in [-0.2, -0.15) is 0 Å². The minimum absolute atomic E-state index is 0.700. The number of nitrogens with zero attached hydrogens (tertiary/aromatic N) is 1. The second-order valence-electron chi connectivity index (χ2n) is 3.14. The molecule has 3 N–H and O–H groups in total. The minimum atomic E-state index is 0.700. The number of para-hydroxylation sites is 1. The number of rotatable bonds is 2. The molecule has 1 aromatic carbocycles. The molecule has 0 fully saturated rings. The zero-order valence-corrected chi connectivity index (χ0v) is 10.1. The number of nitrogens with two attached hydrogens (primary N) is 1. The first-order valence-corrected chi connectivity index (χ1v) is 5.70. The van der Waals surface area contributed by atoms with E-state index in [1.807, 2.05) is 38.1 Å². The average molecular weight is 217 g/mol. The summed E-state index contributed by atoms with van der Waals surface area (Å²) in [6.07, 6.45) is 1.69. The molecule has 0 radical (unpaired) electrons. The third kappa shape index (κ3) is 2.42. The lowest BCUT2D eigenvalue weighted by atomic mass is 10.1. The van der Waals surface area contributed by atoms with Gasteiger partial charge in [0.2, 0.25) is 0 Å². The smallest absolute Gasteiger partial charge is 0.0743 e. The molecule has 1 heterocycles. The highest BCUT2D eigenvalue weighted by atomic mass is 14.9. The maximum Gasteiger partial charge on any atom is 0.0743 e. The first kappa shape index (κ1) is 12.3. The van der Waals surface area contributed by atoms with Crippen LogP contribution in [-0.4, -0.2) is 11.5 Å². The van der Waals surface area contributed by atoms with Crippen molar-refractivity contribution >= 4 is 22.3 Å². The predicted octanol–water partition coefficient (Wildman–Crippen LogP) is 3.28. The molecule has 16 heavy (non-hydrogen) atoms. The fourth-order valence-electron chi connectivity index (χ4n) is 1.53. The molecule has 0 aliphatic carbocycles. The van der Waals surface area contributed by atoms with E-state index >= 15 is 0 Å². The lowest BCUT2D eigenvalue weighted by molar-refractivity contribution is 1.22. The van der Waals surface area contributed by atoms with E-state index in [0.29, 0.717) is 5.69 Å². The highest BCUT2D eigenvalue weighted by molar-refractivity contribution is 5.96. The van der Waals surface area contributed by atoms with E-state index in [4.69, 9.17) is 5.73 Å². The number of hydrogen-bond donors (Lipinski definition) is 2. The van der Waals surface area contributed by atoms with Crippen molar-refractivity contribution in [2.75, 3.05) is 17.6 Å². The summed E-state index contributed by atoms with van der Waals surface area (Å²) in [5.74, 6) is 0. The number of nitrogen functional groups attached to an aromatic ring is 1. The zero-order valence-electron chi connectivity index (χ0n) is 10.1. The van der Waals surface area contributed by atoms with Crippen LogP contribution in [0.2, 0.25) is 0 Å². The molecule has 0 unspecified atom stereocenters. The minimum Gasteiger partial charge on any atom is -0.396 e. The van der Waals surface area contributed by atoms with Crippen molar-refractivity contribution in [1.82, 2.24) is 4.98 Å². The van der Waals surface area contributed by atoms with E-state index in [-0.39, 0.29) is 0 Å². The van der Waals surface area contributed by atoms with Crippen LogP contribution < -0.4 is 11.1 Å². The van der Waals surface area contributed by atoms with Gasteiger partial charge in [0, 0.05) is 11.9 Å². The van der Waals surface area contributed by atoms with Gasteiger partial charge in [-0.15, -0.1) is 0 Å². The van der Waals surface area contributed by atoms with Gasteiger partial charge in [0.25, 0.3) is 0 Å². The molecule has 0 spiro atoms. The Morgan fingerprint density at radius 1 is 1.25 bits per heavy atom. The molecule has 0 atom stereocenters. The van der Waals surface area contributed by atoms with E-state index in [1.165, 1.54) is 0 Å². The molecule has 2 rings (SSSR count). The highest BCUT2D eigenvalue weighted by Crippen LogP contribution is 2.26. The molecule has 86 valence electrons. The number of hydrogen-bond acceptors (Lipinski definition) is 3. The van der Waals surface area contributed by atoms with Gasteiger partial charge in [0.15, 0.2) is 0 Å². The Balaban J connectivity index is 0.000000606. The fourth-order valence-corrected chi connectivity index (χ4v) is 1.53. The number of aromatic nitrogens is 1. The molecular formula is C13H19N3. The van der Waals surface area contributed by atoms with Crippen molar-refractivity contribution in [1.29, 1.82) is 0 Å². The lowest BCUT2D eigenvalue weighted by Crippen LogP contribution is -2.02. The van der Waals surface area contributed by atoms with Crippen molar-refractivity contribution in [3.05, 3.63) is 30.5 Å². The van der Waals surface area contributed by atoms with Gasteiger partial charge in [-0.3, -0.25) is 4.98 Å². The van der Waals surface area contributed by atoms with Crippen molar-refractivity contribution in [3.8, 4) is 0 Å². The van der Waals surface area contributed by atoms with Gasteiger partial charge in [-0.1, -0.05) is 32.0 Å². The van der Waals surface area contributed by atoms with Crippen molar-refractivity contribution < 1.29 is 0 Å². The molecule has 0 saturated carbocycles. The van der Waals surface area contributed by atoms with Gasteiger partial charge in [0.05, 0.1) is 23.1 Å². The standard InChI is InChI=1S/C11H13N3.C2H6/c1-2-13-11-8-5-3-4-6-10(8)14-7-9(11)12;1-2/h3-7H,2,12H2,1H3,(H,13,14);1-2H3. The summed E-state index contributed by atoms with van der Waals surface area (Å²) in [7, 11) is 0. The summed E-state index contributed by atoms with van der Waals surface area (Å²) in [6.45, 7) is 6.91. The fraction of sp³-hybridized carbons (Fsp3) is 0.308. The molecule has 2 aromatic rings. The van der Waals surface area contributed by atoms with Crippen LogP contribution in [0.3, 0.4) is 0 Å². The van der Waals surface area contributed by atoms with Crippen LogP contribution in [0.4, 0.5) is 11.4 Å². The van der Waals surface area contributed by atoms with E-state index < -0.39 is 0 Å². The van der Waals surface area contributed by atoms with Crippen LogP contribution in [-0.2, 0) is 0 Å². The van der Waals surface area contributed by atoms with Crippen molar-refractivity contribution in [3.63, 3.8) is 0 Å². The summed E-state index contributed by atoms with van der Waals surface area (Å²) < 4.78 is 0. The molecule has 0 amide bonds. The zero-order chi connectivity index (χ0) is 12.0. The van der Waals surface area contributed by atoms with Crippen molar-refractivity contribution in [2.24, 2.45) is 0 Å². The van der Waals surface area contributed by atoms with Gasteiger partial charge in [-0.25, -0.2) is 0 Å². The number of nitrogens with one attached hydrogen (secondary N) is 1. The predicted molar refractivity (Wildman–Crippen MR) is 71.7 cm³/mol. The van der Waals surface area contributed by atoms with Gasteiger partial charge >= 0.3 is 0 Å². The third-order valence-corrected chi connectivity index (χ3v) is 2.16. The van der Waals surface area contributed by atoms with E-state index in [0.717, 1.165) is 23.1 Å². The maximum atomic E-state index is 5.85. The number of fused-ring (bicyclic) bond motifs is 1. The number of anilines is 2. The molecule has 1 aromatic heterocycles. The molecule has 3 nitrogen and oxygen atoms in total. The Morgan fingerprint density at radius 2 is 1.94 bits per heavy atom. The van der Waals surface area contributed by atoms with E-state index in [1.54, 1.807) is 6.20 Å². The second-order valence-corrected chi connectivity index (χ2v) is 3.14. The quantitative estimate of drug-likeness (QED) is 0.811. The summed E-state index contributed by atoms with van der Waals surface area (Å²) in [4.78, 5) is 4.26. The van der Waals surface area contributed by atoms with Gasteiger partial charge in [-0.05, 0) is 13.0 Å². The Bertz CT molecular complexity index is 452. The molecule has 0 bridgehead atoms. The highest BCUT2D eigenvalue weighted by Gasteiger charge is 2.03. The molecule has 3 heteroatoms. The van der Waals surface area contributed by atoms with Crippen LogP contribution in [0.1, 0.15) is 20.8 Å². The van der Waals surface area contributed by atoms with Crippen LogP contribution in [0, 0.1) is 0 Å². The molecule has 0 saturated heterocycles. The van der Waals surface area contributed by atoms with E-state index in [9.17, 15) is 0 Å². The van der Waals surface area contributed by atoms with Crippen LogP contribution >= 0.6 is 0 Å². The van der Waals surface area contributed by atoms with Crippen LogP contribution in [0.25, 0.3) is 10.9 Å². The van der Waals surface area contributed by atoms with E-state index in [2.05, 4.69) is 17.2 Å². The molecule has 0 aliphatic rings. The monoisotopic (exact) mass is 217 g/mol. The topological polar surface area (TPSA) is 50.9 Å². The second kappa shape index (κ2) is 5.95. The third-order valence-electron chi connectivity index (χ3n) is 2.16. The largest absolute Gasteiger partial charge is 0.396 e. The Kier molecular flexibility index (Phi) is 4.58. The summed E-state index contributed by atoms with van der Waals surface area (Å²) in [5.41, 5.74) is 8.50. The van der Waals surface area contributed by atoms with Crippen LogP contribution in [0.5, 0.6) is 0 Å². The maximum absolute atomic E-state index is 5.85. The Morgan fingerprint density at radius 3 is 2.62 bits per heavy atom. The normalized spacial score (nSPS) is 9.44. The van der Waals surface area contributed by atoms with Gasteiger partial charge in [0.1, 0.15) is 0 Å². The number of pyridine rings is 1. The van der Waals surface area contributed by atoms with Crippen molar-refractivity contribution in [2.45, 2.75) is 20.8 Å². The summed E-state index contributed by atoms with van der Waals surface area (Å²) in [5, 5.41) is 4.33. The van der Waals surface area contributed by atoms with Crippen LogP contribution in [0.15, 0.2) is 30.5 Å². The molecule has 0 aliphatic heterocycles. The first-order chi connectivity index (χ1) is 7.83. The van der Waals surface area contributed by atoms with Gasteiger partial charge < -0.3 is 11.1 Å². The molecular weight excluding hydrogens is 198 g/mol. The number of benzene rings is 1. The summed E-state index contributed by atoms with van der Waals surface area (Å²) >= 11 is 0. The lowest BCUT2D eigenvalue weighted by Gasteiger charge is -2.09. The average Bonchev–Trinajstić information content (AvgIpc) is 2.35.